The van der Waals surface area contributed by atoms with Gasteiger partial charge < -0.3 is 19.7 Å². The Labute approximate surface area is 143 Å². The zero-order valence-electron chi connectivity index (χ0n) is 14.6. The number of hydrogen-bond donors (Lipinski definition) is 2. The van der Waals surface area contributed by atoms with Crippen molar-refractivity contribution in [1.82, 2.24) is 0 Å². The van der Waals surface area contributed by atoms with Gasteiger partial charge in [-0.1, -0.05) is 12.1 Å². The summed E-state index contributed by atoms with van der Waals surface area (Å²) < 4.78 is 10.4. The number of likely N-dealkylation sites (tertiary alicyclic amines) is 1. The molecule has 1 amide bonds. The zero-order chi connectivity index (χ0) is 17.5. The third kappa shape index (κ3) is 4.47. The number of carbonyl (C=O) groups is 2. The third-order valence-electron chi connectivity index (χ3n) is 4.55. The van der Waals surface area contributed by atoms with Gasteiger partial charge in [0.15, 0.2) is 6.04 Å². The largest absolute Gasteiger partial charge is 0.495 e. The van der Waals surface area contributed by atoms with Crippen molar-refractivity contribution in [2.75, 3.05) is 32.1 Å². The van der Waals surface area contributed by atoms with Crippen molar-refractivity contribution in [1.29, 1.82) is 0 Å². The molecule has 1 aromatic rings. The molecule has 0 bridgehead atoms. The van der Waals surface area contributed by atoms with E-state index in [-0.39, 0.29) is 23.8 Å². The number of para-hydroxylation sites is 2. The number of amides is 1. The van der Waals surface area contributed by atoms with Crippen molar-refractivity contribution in [2.45, 2.75) is 32.7 Å². The second kappa shape index (κ2) is 8.68. The van der Waals surface area contributed by atoms with E-state index in [0.29, 0.717) is 24.6 Å². The smallest absolute Gasteiger partial charge is 0.314 e. The summed E-state index contributed by atoms with van der Waals surface area (Å²) in [6, 6.07) is 7.10. The molecule has 1 aliphatic heterocycles. The average molecular weight is 335 g/mol. The van der Waals surface area contributed by atoms with Crippen molar-refractivity contribution in [3.05, 3.63) is 24.3 Å². The predicted octanol–water partition coefficient (Wildman–Crippen LogP) is 0.880. The molecule has 0 saturated carbocycles. The van der Waals surface area contributed by atoms with E-state index in [0.717, 1.165) is 24.3 Å². The second-order valence-electron chi connectivity index (χ2n) is 6.11. The minimum Gasteiger partial charge on any atom is -0.495 e. The predicted molar refractivity (Wildman–Crippen MR) is 91.1 cm³/mol. The molecule has 0 aromatic heterocycles. The molecule has 3 atom stereocenters. The maximum atomic E-state index is 12.6. The highest BCUT2D eigenvalue weighted by molar-refractivity contribution is 5.95. The summed E-state index contributed by atoms with van der Waals surface area (Å²) in [5.74, 6) is 0.303. The van der Waals surface area contributed by atoms with E-state index >= 15 is 0 Å². The summed E-state index contributed by atoms with van der Waals surface area (Å²) in [5.41, 5.74) is 0.662. The number of anilines is 1. The number of nitrogens with one attached hydrogen (secondary N) is 2. The lowest BCUT2D eigenvalue weighted by molar-refractivity contribution is -0.921. The van der Waals surface area contributed by atoms with Gasteiger partial charge in [0.25, 0.3) is 5.91 Å². The van der Waals surface area contributed by atoms with Crippen LogP contribution in [0.25, 0.3) is 0 Å². The monoisotopic (exact) mass is 335 g/mol. The van der Waals surface area contributed by atoms with Crippen LogP contribution in [0.1, 0.15) is 26.7 Å². The topological polar surface area (TPSA) is 69.1 Å². The first kappa shape index (κ1) is 18.3. The molecule has 1 heterocycles. The highest BCUT2D eigenvalue weighted by atomic mass is 16.5. The molecule has 6 nitrogen and oxygen atoms in total. The number of methoxy groups -OCH3 is 1. The van der Waals surface area contributed by atoms with E-state index < -0.39 is 0 Å². The minimum absolute atomic E-state index is 0.0704. The standard InChI is InChI=1S/C18H26N2O4/c1-4-24-18(22)14-8-7-11-20(12-14)13(2)17(21)19-15-9-5-6-10-16(15)23-3/h5-6,9-10,13-14H,4,7-8,11-12H2,1-3H3,(H,19,21)/p+1/t13-,14+/m0/s1. The van der Waals surface area contributed by atoms with Crippen LogP contribution in [0.2, 0.25) is 0 Å². The molecule has 1 saturated heterocycles. The number of esters is 1. The number of hydrogen-bond acceptors (Lipinski definition) is 4. The highest BCUT2D eigenvalue weighted by Crippen LogP contribution is 2.23. The molecular weight excluding hydrogens is 308 g/mol. The van der Waals surface area contributed by atoms with Crippen LogP contribution in [0.3, 0.4) is 0 Å². The zero-order valence-corrected chi connectivity index (χ0v) is 14.6. The van der Waals surface area contributed by atoms with E-state index in [1.807, 2.05) is 38.1 Å². The molecule has 132 valence electrons. The Kier molecular flexibility index (Phi) is 6.61. The highest BCUT2D eigenvalue weighted by Gasteiger charge is 2.35. The Hall–Kier alpha value is -2.08. The quantitative estimate of drug-likeness (QED) is 0.757. The molecular formula is C18H27N2O4+. The van der Waals surface area contributed by atoms with Crippen LogP contribution in [-0.4, -0.2) is 44.7 Å². The van der Waals surface area contributed by atoms with Crippen LogP contribution in [-0.2, 0) is 14.3 Å². The lowest BCUT2D eigenvalue weighted by Gasteiger charge is -2.32. The van der Waals surface area contributed by atoms with Gasteiger partial charge in [-0.05, 0) is 38.8 Å². The fourth-order valence-corrected chi connectivity index (χ4v) is 3.13. The molecule has 1 fully saturated rings. The Morgan fingerprint density at radius 3 is 2.83 bits per heavy atom. The van der Waals surface area contributed by atoms with Crippen molar-refractivity contribution in [3.63, 3.8) is 0 Å². The molecule has 0 spiro atoms. The minimum atomic E-state index is -0.243. The molecule has 2 N–H and O–H groups in total. The number of carbonyl (C=O) groups excluding carboxylic acids is 2. The maximum Gasteiger partial charge on any atom is 0.314 e. The SMILES string of the molecule is CCOC(=O)[C@@H]1CCC[NH+]([C@@H](C)C(=O)Nc2ccccc2OC)C1. The summed E-state index contributed by atoms with van der Waals surface area (Å²) in [7, 11) is 1.58. The first-order chi connectivity index (χ1) is 11.6. The van der Waals surface area contributed by atoms with Crippen molar-refractivity contribution in [3.8, 4) is 5.75 Å². The Bertz CT molecular complexity index is 576. The fourth-order valence-electron chi connectivity index (χ4n) is 3.13. The lowest BCUT2D eigenvalue weighted by Crippen LogP contribution is -3.18. The molecule has 1 aliphatic rings. The summed E-state index contributed by atoms with van der Waals surface area (Å²) in [4.78, 5) is 25.7. The molecule has 6 heteroatoms. The number of benzene rings is 1. The van der Waals surface area contributed by atoms with Gasteiger partial charge in [0.2, 0.25) is 0 Å². The Balaban J connectivity index is 1.98. The van der Waals surface area contributed by atoms with Gasteiger partial charge in [-0.15, -0.1) is 0 Å². The van der Waals surface area contributed by atoms with Crippen LogP contribution in [0, 0.1) is 5.92 Å². The van der Waals surface area contributed by atoms with Crippen LogP contribution in [0.4, 0.5) is 5.69 Å². The Morgan fingerprint density at radius 1 is 1.38 bits per heavy atom. The van der Waals surface area contributed by atoms with Crippen molar-refractivity contribution in [2.24, 2.45) is 5.92 Å². The average Bonchev–Trinajstić information content (AvgIpc) is 2.61. The first-order valence-corrected chi connectivity index (χ1v) is 8.51. The maximum absolute atomic E-state index is 12.6. The molecule has 2 rings (SSSR count). The van der Waals surface area contributed by atoms with E-state index in [2.05, 4.69) is 5.32 Å². The summed E-state index contributed by atoms with van der Waals surface area (Å²) >= 11 is 0. The van der Waals surface area contributed by atoms with Crippen molar-refractivity contribution < 1.29 is 24.0 Å². The summed E-state index contributed by atoms with van der Waals surface area (Å²) in [6.07, 6.45) is 1.76. The number of piperidine rings is 1. The van der Waals surface area contributed by atoms with Gasteiger partial charge in [-0.3, -0.25) is 9.59 Å². The summed E-state index contributed by atoms with van der Waals surface area (Å²) in [5, 5.41) is 2.93. The van der Waals surface area contributed by atoms with Gasteiger partial charge in [0, 0.05) is 0 Å². The Morgan fingerprint density at radius 2 is 2.12 bits per heavy atom. The van der Waals surface area contributed by atoms with Gasteiger partial charge in [-0.2, -0.15) is 0 Å². The fraction of sp³-hybridized carbons (Fsp3) is 0.556. The van der Waals surface area contributed by atoms with Gasteiger partial charge >= 0.3 is 5.97 Å². The van der Waals surface area contributed by atoms with Crippen molar-refractivity contribution >= 4 is 17.6 Å². The normalized spacial score (nSPS) is 21.6. The molecule has 1 unspecified atom stereocenters. The van der Waals surface area contributed by atoms with E-state index in [1.165, 1.54) is 0 Å². The van der Waals surface area contributed by atoms with E-state index in [9.17, 15) is 9.59 Å². The first-order valence-electron chi connectivity index (χ1n) is 8.51. The lowest BCUT2D eigenvalue weighted by atomic mass is 9.97. The van der Waals surface area contributed by atoms with Gasteiger partial charge in [0.05, 0.1) is 32.5 Å². The van der Waals surface area contributed by atoms with E-state index in [1.54, 1.807) is 7.11 Å². The van der Waals surface area contributed by atoms with Crippen LogP contribution in [0.5, 0.6) is 5.75 Å². The van der Waals surface area contributed by atoms with Gasteiger partial charge in [0.1, 0.15) is 11.7 Å². The molecule has 1 aromatic carbocycles. The number of ether oxygens (including phenoxy) is 2. The molecule has 24 heavy (non-hydrogen) atoms. The van der Waals surface area contributed by atoms with E-state index in [4.69, 9.17) is 9.47 Å². The second-order valence-corrected chi connectivity index (χ2v) is 6.11. The van der Waals surface area contributed by atoms with Gasteiger partial charge in [-0.25, -0.2) is 0 Å². The summed E-state index contributed by atoms with van der Waals surface area (Å²) in [6.45, 7) is 5.63. The number of quaternary nitrogens is 1. The van der Waals surface area contributed by atoms with Crippen LogP contribution < -0.4 is 15.0 Å². The van der Waals surface area contributed by atoms with Crippen LogP contribution in [0.15, 0.2) is 24.3 Å². The molecule has 0 aliphatic carbocycles. The third-order valence-corrected chi connectivity index (χ3v) is 4.55. The van der Waals surface area contributed by atoms with Crippen LogP contribution >= 0.6 is 0 Å². The molecule has 0 radical (unpaired) electrons. The number of rotatable bonds is 6.